The number of rotatable bonds is 4. The van der Waals surface area contributed by atoms with Crippen molar-refractivity contribution in [3.63, 3.8) is 0 Å². The summed E-state index contributed by atoms with van der Waals surface area (Å²) in [5.74, 6) is 0.269. The zero-order chi connectivity index (χ0) is 11.4. The van der Waals surface area contributed by atoms with Gasteiger partial charge in [-0.2, -0.15) is 0 Å². The van der Waals surface area contributed by atoms with Gasteiger partial charge in [-0.1, -0.05) is 15.9 Å². The molecule has 0 aliphatic carbocycles. The number of phenolic OH excluding ortho intramolecular Hbond substituents is 1. The van der Waals surface area contributed by atoms with Crippen molar-refractivity contribution < 1.29 is 14.8 Å². The quantitative estimate of drug-likeness (QED) is 0.674. The zero-order valence-electron chi connectivity index (χ0n) is 8.07. The second-order valence-electron chi connectivity index (χ2n) is 2.92. The lowest BCUT2D eigenvalue weighted by Crippen LogP contribution is -2.04. The van der Waals surface area contributed by atoms with E-state index in [9.17, 15) is 15.2 Å². The van der Waals surface area contributed by atoms with E-state index >= 15 is 0 Å². The molecule has 1 rings (SSSR count). The van der Waals surface area contributed by atoms with Gasteiger partial charge in [-0.05, 0) is 12.1 Å². The Morgan fingerprint density at radius 3 is 2.80 bits per heavy atom. The third kappa shape index (κ3) is 3.09. The van der Waals surface area contributed by atoms with Gasteiger partial charge < -0.3 is 9.84 Å². The maximum Gasteiger partial charge on any atom is 0.208 e. The molecular formula is C9H10BrNO4. The first-order valence-corrected chi connectivity index (χ1v) is 5.01. The minimum absolute atomic E-state index is 0.0393. The monoisotopic (exact) mass is 275 g/mol. The number of nitro groups is 1. The molecular weight excluding hydrogens is 266 g/mol. The van der Waals surface area contributed by atoms with Gasteiger partial charge in [0.15, 0.2) is 11.5 Å². The molecule has 0 saturated carbocycles. The summed E-state index contributed by atoms with van der Waals surface area (Å²) in [6, 6.07) is 3.24. The SMILES string of the molecule is COc1cc(Br)cc(CC[N+](=O)[O-])c1O. The van der Waals surface area contributed by atoms with Crippen LogP contribution in [-0.4, -0.2) is 23.7 Å². The Hall–Kier alpha value is -1.30. The highest BCUT2D eigenvalue weighted by Crippen LogP contribution is 2.33. The predicted molar refractivity (Wildman–Crippen MR) is 57.9 cm³/mol. The molecule has 0 aliphatic rings. The molecule has 5 nitrogen and oxygen atoms in total. The van der Waals surface area contributed by atoms with Crippen LogP contribution in [0.5, 0.6) is 11.5 Å². The summed E-state index contributed by atoms with van der Waals surface area (Å²) < 4.78 is 5.64. The molecule has 1 aromatic rings. The molecule has 6 heteroatoms. The average molecular weight is 276 g/mol. The number of ether oxygens (including phenoxy) is 1. The van der Waals surface area contributed by atoms with Crippen molar-refractivity contribution in [2.45, 2.75) is 6.42 Å². The Morgan fingerprint density at radius 2 is 2.27 bits per heavy atom. The van der Waals surface area contributed by atoms with Gasteiger partial charge in [-0.3, -0.25) is 10.1 Å². The molecule has 0 radical (unpaired) electrons. The van der Waals surface area contributed by atoms with Crippen molar-refractivity contribution >= 4 is 15.9 Å². The van der Waals surface area contributed by atoms with E-state index in [1.54, 1.807) is 12.1 Å². The van der Waals surface area contributed by atoms with Crippen LogP contribution in [0.15, 0.2) is 16.6 Å². The number of halogens is 1. The fourth-order valence-electron chi connectivity index (χ4n) is 1.19. The molecule has 0 saturated heterocycles. The van der Waals surface area contributed by atoms with Gasteiger partial charge in [-0.25, -0.2) is 0 Å². The Bertz CT molecular complexity index is 381. The van der Waals surface area contributed by atoms with Crippen LogP contribution in [0.25, 0.3) is 0 Å². The van der Waals surface area contributed by atoms with E-state index in [-0.39, 0.29) is 18.7 Å². The second kappa shape index (κ2) is 4.97. The van der Waals surface area contributed by atoms with Crippen molar-refractivity contribution in [1.82, 2.24) is 0 Å². The highest BCUT2D eigenvalue weighted by molar-refractivity contribution is 9.10. The fraction of sp³-hybridized carbons (Fsp3) is 0.333. The number of aromatic hydroxyl groups is 1. The van der Waals surface area contributed by atoms with Crippen LogP contribution in [0.4, 0.5) is 0 Å². The van der Waals surface area contributed by atoms with Crippen molar-refractivity contribution in [1.29, 1.82) is 0 Å². The minimum atomic E-state index is -0.424. The van der Waals surface area contributed by atoms with E-state index < -0.39 is 4.92 Å². The molecule has 0 atom stereocenters. The Kier molecular flexibility index (Phi) is 3.90. The zero-order valence-corrected chi connectivity index (χ0v) is 9.65. The first-order chi connectivity index (χ1) is 7.04. The molecule has 0 bridgehead atoms. The number of hydrogen-bond acceptors (Lipinski definition) is 4. The van der Waals surface area contributed by atoms with E-state index in [0.29, 0.717) is 11.3 Å². The minimum Gasteiger partial charge on any atom is -0.504 e. The lowest BCUT2D eigenvalue weighted by molar-refractivity contribution is -0.479. The fourth-order valence-corrected chi connectivity index (χ4v) is 1.67. The number of phenols is 1. The van der Waals surface area contributed by atoms with Gasteiger partial charge in [0.05, 0.1) is 7.11 Å². The van der Waals surface area contributed by atoms with Crippen LogP contribution >= 0.6 is 15.9 Å². The van der Waals surface area contributed by atoms with Crippen molar-refractivity contribution in [2.24, 2.45) is 0 Å². The molecule has 0 amide bonds. The van der Waals surface area contributed by atoms with Gasteiger partial charge in [0.2, 0.25) is 6.54 Å². The van der Waals surface area contributed by atoms with Crippen LogP contribution < -0.4 is 4.74 Å². The largest absolute Gasteiger partial charge is 0.504 e. The smallest absolute Gasteiger partial charge is 0.208 e. The number of methoxy groups -OCH3 is 1. The molecule has 15 heavy (non-hydrogen) atoms. The summed E-state index contributed by atoms with van der Waals surface area (Å²) in [4.78, 5) is 9.78. The third-order valence-corrected chi connectivity index (χ3v) is 2.36. The molecule has 1 aromatic carbocycles. The van der Waals surface area contributed by atoms with E-state index in [1.807, 2.05) is 0 Å². The van der Waals surface area contributed by atoms with Crippen LogP contribution in [0.3, 0.4) is 0 Å². The average Bonchev–Trinajstić information content (AvgIpc) is 2.18. The summed E-state index contributed by atoms with van der Waals surface area (Å²) in [5.41, 5.74) is 0.498. The van der Waals surface area contributed by atoms with Crippen molar-refractivity contribution in [2.75, 3.05) is 13.7 Å². The number of nitrogens with zero attached hydrogens (tertiary/aromatic N) is 1. The van der Waals surface area contributed by atoms with Crippen LogP contribution in [-0.2, 0) is 6.42 Å². The van der Waals surface area contributed by atoms with Gasteiger partial charge in [0, 0.05) is 21.4 Å². The first-order valence-electron chi connectivity index (χ1n) is 4.21. The molecule has 0 aromatic heterocycles. The summed E-state index contributed by atoms with van der Waals surface area (Å²) in [6.45, 7) is -0.215. The van der Waals surface area contributed by atoms with Gasteiger partial charge in [0.1, 0.15) is 0 Å². The summed E-state index contributed by atoms with van der Waals surface area (Å²) in [6.07, 6.45) is 0.175. The molecule has 0 fully saturated rings. The Labute approximate surface area is 95.0 Å². The van der Waals surface area contributed by atoms with Crippen molar-refractivity contribution in [3.05, 3.63) is 32.3 Å². The van der Waals surface area contributed by atoms with Crippen LogP contribution in [0.1, 0.15) is 5.56 Å². The van der Waals surface area contributed by atoms with Gasteiger partial charge in [-0.15, -0.1) is 0 Å². The standard InChI is InChI=1S/C9H10BrNO4/c1-15-8-5-7(10)4-6(9(8)12)2-3-11(13)14/h4-5,12H,2-3H2,1H3. The molecule has 0 spiro atoms. The maximum absolute atomic E-state index is 10.2. The Balaban J connectivity index is 2.95. The lowest BCUT2D eigenvalue weighted by atomic mass is 10.1. The number of benzene rings is 1. The van der Waals surface area contributed by atoms with Crippen LogP contribution in [0, 0.1) is 10.1 Å². The van der Waals surface area contributed by atoms with E-state index in [4.69, 9.17) is 4.74 Å². The summed E-state index contributed by atoms with van der Waals surface area (Å²) in [7, 11) is 1.43. The predicted octanol–water partition coefficient (Wildman–Crippen LogP) is 1.98. The van der Waals surface area contributed by atoms with E-state index in [0.717, 1.165) is 4.47 Å². The van der Waals surface area contributed by atoms with E-state index in [1.165, 1.54) is 7.11 Å². The molecule has 0 heterocycles. The normalized spacial score (nSPS) is 10.0. The topological polar surface area (TPSA) is 72.6 Å². The van der Waals surface area contributed by atoms with Crippen LogP contribution in [0.2, 0.25) is 0 Å². The lowest BCUT2D eigenvalue weighted by Gasteiger charge is -2.08. The summed E-state index contributed by atoms with van der Waals surface area (Å²) >= 11 is 3.23. The molecule has 0 unspecified atom stereocenters. The third-order valence-electron chi connectivity index (χ3n) is 1.90. The van der Waals surface area contributed by atoms with Gasteiger partial charge in [0.25, 0.3) is 0 Å². The second-order valence-corrected chi connectivity index (χ2v) is 3.84. The van der Waals surface area contributed by atoms with Crippen molar-refractivity contribution in [3.8, 4) is 11.5 Å². The first kappa shape index (κ1) is 11.8. The highest BCUT2D eigenvalue weighted by Gasteiger charge is 2.11. The van der Waals surface area contributed by atoms with Gasteiger partial charge >= 0.3 is 0 Å². The molecule has 82 valence electrons. The molecule has 0 aliphatic heterocycles. The summed E-state index contributed by atoms with van der Waals surface area (Å²) in [5, 5.41) is 19.9. The highest BCUT2D eigenvalue weighted by atomic mass is 79.9. The number of hydrogen-bond donors (Lipinski definition) is 1. The van der Waals surface area contributed by atoms with E-state index in [2.05, 4.69) is 15.9 Å². The molecule has 1 N–H and O–H groups in total. The Morgan fingerprint density at radius 1 is 1.60 bits per heavy atom. The maximum atomic E-state index is 10.2.